The largest absolute Gasteiger partial charge is 0.441 e. The van der Waals surface area contributed by atoms with Gasteiger partial charge in [-0.2, -0.15) is 0 Å². The molecule has 0 N–H and O–H groups in total. The molecular weight excluding hydrogens is 1110 g/mol. The molecule has 4 aliphatic heterocycles. The third-order valence-electron chi connectivity index (χ3n) is 12.1. The van der Waals surface area contributed by atoms with Crippen molar-refractivity contribution in [1.82, 2.24) is 0 Å². The van der Waals surface area contributed by atoms with Crippen LogP contribution in [0.3, 0.4) is 0 Å². The Kier molecular flexibility index (Phi) is 27.4. The van der Waals surface area contributed by atoms with E-state index in [0.29, 0.717) is 6.10 Å². The van der Waals surface area contributed by atoms with Gasteiger partial charge in [-0.3, -0.25) is 0 Å². The average molecular weight is 1210 g/mol. The van der Waals surface area contributed by atoms with E-state index in [-0.39, 0.29) is 18.3 Å². The molecule has 15 nitrogen and oxygen atoms in total. The van der Waals surface area contributed by atoms with E-state index < -0.39 is 143 Å². The van der Waals surface area contributed by atoms with Crippen molar-refractivity contribution in [2.45, 2.75) is 224 Å². The molecule has 0 radical (unpaired) electrons. The summed E-state index contributed by atoms with van der Waals surface area (Å²) in [6, 6.07) is 9.92. The first-order valence-corrected chi connectivity index (χ1v) is 63.1. The minimum absolute atomic E-state index is 0.142. The van der Waals surface area contributed by atoms with E-state index >= 15 is 0 Å². The fourth-order valence-corrected chi connectivity index (χ4v) is 73.2. The van der Waals surface area contributed by atoms with Gasteiger partial charge in [0.1, 0.15) is 0 Å². The molecular formula is C35H98O15Si16. The molecule has 0 aliphatic carbocycles. The standard InChI is InChI=1S/C29H80O12Si13.C6H18O3Si3/c1-27-24-42(4)33-45(7)36-48(31-27)18-20-50(10,11)39-52(14,15)41-54(17,23-22-53(16)26-29(3)30-44(6)35-47(9)38-53)40-51(12,13)21-19-49-32-28(2)25-43(5)34-46(8)37-49;1-6-5-10(2)8-12(4)9-11(3)7-6/h27-29,42-49H,18-26H2,1-17H3;6,10-12H,5H2,1-4H3. The average Bonchev–Trinajstić information content (AvgIpc) is 3.08. The molecule has 4 heterocycles. The molecule has 4 saturated heterocycles. The summed E-state index contributed by atoms with van der Waals surface area (Å²) in [6.07, 6.45) is 0.917. The zero-order valence-electron chi connectivity index (χ0n) is 45.4. The second-order valence-electron chi connectivity index (χ2n) is 21.9. The molecule has 4 fully saturated rings. The normalized spacial score (nSPS) is 39.5. The van der Waals surface area contributed by atoms with E-state index in [0.717, 1.165) is 60.4 Å². The molecule has 0 spiro atoms. The molecule has 31 heteroatoms. The minimum Gasteiger partial charge on any atom is -0.441 e. The quantitative estimate of drug-likeness (QED) is 0.172. The summed E-state index contributed by atoms with van der Waals surface area (Å²) in [5, 5.41) is 0. The van der Waals surface area contributed by atoms with E-state index in [9.17, 15) is 0 Å². The number of hydrogen-bond donors (Lipinski definition) is 0. The summed E-state index contributed by atoms with van der Waals surface area (Å²) >= 11 is 0. The van der Waals surface area contributed by atoms with Gasteiger partial charge in [-0.05, 0) is 199 Å². The highest BCUT2D eigenvalue weighted by molar-refractivity contribution is 6.91. The maximum Gasteiger partial charge on any atom is 0.315 e. The molecule has 66 heavy (non-hydrogen) atoms. The Morgan fingerprint density at radius 3 is 1.32 bits per heavy atom. The van der Waals surface area contributed by atoms with Crippen molar-refractivity contribution in [3.8, 4) is 0 Å². The monoisotopic (exact) mass is 1210 g/mol. The van der Waals surface area contributed by atoms with E-state index in [1.807, 2.05) is 0 Å². The smallest absolute Gasteiger partial charge is 0.315 e. The van der Waals surface area contributed by atoms with Crippen LogP contribution in [0.2, 0.25) is 172 Å². The molecule has 0 aromatic carbocycles. The lowest BCUT2D eigenvalue weighted by atomic mass is 10.5. The molecule has 4 rings (SSSR count). The SMILES string of the molecule is CC1C[SiH](C)O[SiH](C)O[SiH](C)O1.CC1C[Si](C)(CC[Si](C)(O[Si](C)(C)CC[SiH]2OC(C)C[SiH](C)O[SiH](C)O2)O[Si](C)(C)O[Si](C)(C)CC[SiH]2OC(C)C[SiH](C)O[SiH](C)O2)O[SiH](C)O[SiH](C)O1. The molecule has 0 aromatic rings. The van der Waals surface area contributed by atoms with Crippen LogP contribution in [-0.4, -0.2) is 168 Å². The molecule has 392 valence electrons. The second-order valence-corrected chi connectivity index (χ2v) is 67.3. The van der Waals surface area contributed by atoms with Gasteiger partial charge in [-0.1, -0.05) is 0 Å². The van der Waals surface area contributed by atoms with Crippen molar-refractivity contribution in [2.75, 3.05) is 0 Å². The summed E-state index contributed by atoms with van der Waals surface area (Å²) < 4.78 is 97.7. The van der Waals surface area contributed by atoms with Crippen molar-refractivity contribution in [2.24, 2.45) is 0 Å². The topological polar surface area (TPSA) is 138 Å². The maximum absolute atomic E-state index is 7.48. The van der Waals surface area contributed by atoms with Crippen molar-refractivity contribution in [3.05, 3.63) is 0 Å². The Labute approximate surface area is 427 Å². The van der Waals surface area contributed by atoms with Gasteiger partial charge in [0.2, 0.25) is 0 Å². The molecule has 17 unspecified atom stereocenters. The third kappa shape index (κ3) is 25.9. The van der Waals surface area contributed by atoms with Crippen LogP contribution in [0.1, 0.15) is 27.7 Å². The van der Waals surface area contributed by atoms with Gasteiger partial charge in [0.25, 0.3) is 37.1 Å². The zero-order valence-corrected chi connectivity index (χ0v) is 63.1. The highest BCUT2D eigenvalue weighted by Gasteiger charge is 2.49. The lowest BCUT2D eigenvalue weighted by Gasteiger charge is -2.44. The first kappa shape index (κ1) is 63.2. The first-order valence-electron chi connectivity index (χ1n) is 25.3. The van der Waals surface area contributed by atoms with Crippen LogP contribution in [0.25, 0.3) is 0 Å². The summed E-state index contributed by atoms with van der Waals surface area (Å²) in [5.41, 5.74) is 0. The highest BCUT2D eigenvalue weighted by atomic mass is 28.5. The van der Waals surface area contributed by atoms with Crippen LogP contribution >= 0.6 is 0 Å². The van der Waals surface area contributed by atoms with E-state index in [4.69, 9.17) is 63.0 Å². The molecule has 4 aliphatic rings. The summed E-state index contributed by atoms with van der Waals surface area (Å²) in [4.78, 5) is 0. The fraction of sp³-hybridized carbons (Fsp3) is 1.00. The lowest BCUT2D eigenvalue weighted by Crippen LogP contribution is -2.59. The minimum atomic E-state index is -2.78. The number of rotatable bonds is 15. The predicted molar refractivity (Wildman–Crippen MR) is 309 cm³/mol. The molecule has 0 aromatic heterocycles. The van der Waals surface area contributed by atoms with Crippen molar-refractivity contribution >= 4 is 143 Å². The number of hydrogen-bond acceptors (Lipinski definition) is 15. The van der Waals surface area contributed by atoms with Gasteiger partial charge >= 0.3 is 54.3 Å². The zero-order chi connectivity index (χ0) is 49.8. The Morgan fingerprint density at radius 2 is 0.848 bits per heavy atom. The molecule has 0 amide bonds. The van der Waals surface area contributed by atoms with Crippen molar-refractivity contribution in [3.63, 3.8) is 0 Å². The van der Waals surface area contributed by atoms with Crippen molar-refractivity contribution in [1.29, 1.82) is 0 Å². The third-order valence-corrected chi connectivity index (χ3v) is 66.5. The molecule has 0 saturated carbocycles. The van der Waals surface area contributed by atoms with Gasteiger partial charge in [0, 0.05) is 24.4 Å². The van der Waals surface area contributed by atoms with Crippen LogP contribution in [0.4, 0.5) is 0 Å². The van der Waals surface area contributed by atoms with Crippen LogP contribution in [0.15, 0.2) is 0 Å². The summed E-state index contributed by atoms with van der Waals surface area (Å²) in [5.74, 6) is 0. The second kappa shape index (κ2) is 28.7. The van der Waals surface area contributed by atoms with Crippen LogP contribution in [0.5, 0.6) is 0 Å². The van der Waals surface area contributed by atoms with E-state index in [2.05, 4.69) is 139 Å². The van der Waals surface area contributed by atoms with Gasteiger partial charge in [-0.25, -0.2) is 0 Å². The summed E-state index contributed by atoms with van der Waals surface area (Å²) in [6.45, 7) is 46.8. The van der Waals surface area contributed by atoms with Gasteiger partial charge < -0.3 is 63.0 Å². The first-order chi connectivity index (χ1) is 30.3. The van der Waals surface area contributed by atoms with E-state index in [1.165, 1.54) is 0 Å². The van der Waals surface area contributed by atoms with Gasteiger partial charge in [0.15, 0.2) is 52.1 Å². The van der Waals surface area contributed by atoms with Crippen LogP contribution in [-0.2, 0) is 63.0 Å². The fourth-order valence-electron chi connectivity index (χ4n) is 10.1. The highest BCUT2D eigenvalue weighted by Crippen LogP contribution is 2.36. The molecule has 17 atom stereocenters. The Bertz CT molecular complexity index is 1330. The van der Waals surface area contributed by atoms with Crippen molar-refractivity contribution < 1.29 is 63.0 Å². The Hall–Kier alpha value is 2.87. The molecule has 0 bridgehead atoms. The Balaban J connectivity index is 0.000000831. The van der Waals surface area contributed by atoms with Crippen LogP contribution < -0.4 is 0 Å². The van der Waals surface area contributed by atoms with Crippen LogP contribution in [0, 0.1) is 0 Å². The van der Waals surface area contributed by atoms with Gasteiger partial charge in [0.05, 0.1) is 0 Å². The Morgan fingerprint density at radius 1 is 0.455 bits per heavy atom. The van der Waals surface area contributed by atoms with E-state index in [1.54, 1.807) is 0 Å². The summed E-state index contributed by atoms with van der Waals surface area (Å²) in [7, 11) is -28.5. The predicted octanol–water partition coefficient (Wildman–Crippen LogP) is 6.19. The maximum atomic E-state index is 7.48. The van der Waals surface area contributed by atoms with Gasteiger partial charge in [-0.15, -0.1) is 0 Å². The lowest BCUT2D eigenvalue weighted by molar-refractivity contribution is 0.184.